The van der Waals surface area contributed by atoms with Crippen LogP contribution in [-0.4, -0.2) is 34.4 Å². The maximum Gasteiger partial charge on any atom is 0.412 e. The van der Waals surface area contributed by atoms with Crippen molar-refractivity contribution in [1.29, 1.82) is 0 Å². The predicted molar refractivity (Wildman–Crippen MR) is 114 cm³/mol. The van der Waals surface area contributed by atoms with E-state index >= 15 is 0 Å². The Morgan fingerprint density at radius 3 is 2.28 bits per heavy atom. The van der Waals surface area contributed by atoms with Crippen LogP contribution in [0, 0.1) is 20.8 Å². The van der Waals surface area contributed by atoms with Crippen LogP contribution in [-0.2, 0) is 14.3 Å². The number of allylic oxidation sites excluding steroid dienone is 2. The molecule has 29 heavy (non-hydrogen) atoms. The van der Waals surface area contributed by atoms with Crippen LogP contribution in [0.1, 0.15) is 66.8 Å². The van der Waals surface area contributed by atoms with E-state index in [-0.39, 0.29) is 59.7 Å². The third kappa shape index (κ3) is 4.72. The molecule has 0 saturated heterocycles. The SMILES string of the molecule is CCOC(=O)NC(=S)c1c(C)cc(C)c(C2CC(=O)C(=C(O)CC)C(=O)C2)c1C. The Morgan fingerprint density at radius 2 is 1.76 bits per heavy atom. The van der Waals surface area contributed by atoms with Crippen molar-refractivity contribution in [3.63, 3.8) is 0 Å². The van der Waals surface area contributed by atoms with Crippen LogP contribution in [0.3, 0.4) is 0 Å². The Kier molecular flexibility index (Phi) is 7.30. The van der Waals surface area contributed by atoms with Crippen LogP contribution < -0.4 is 5.32 Å². The van der Waals surface area contributed by atoms with Gasteiger partial charge < -0.3 is 9.84 Å². The fraction of sp³-hybridized carbons (Fsp3) is 0.455. The van der Waals surface area contributed by atoms with E-state index in [1.807, 2.05) is 26.8 Å². The summed E-state index contributed by atoms with van der Waals surface area (Å²) in [5.41, 5.74) is 4.21. The van der Waals surface area contributed by atoms with Gasteiger partial charge in [-0.15, -0.1) is 0 Å². The van der Waals surface area contributed by atoms with Gasteiger partial charge in [-0.25, -0.2) is 4.79 Å². The molecule has 0 spiro atoms. The summed E-state index contributed by atoms with van der Waals surface area (Å²) in [6.07, 6.45) is -0.0787. The Balaban J connectivity index is 2.45. The highest BCUT2D eigenvalue weighted by Crippen LogP contribution is 2.38. The van der Waals surface area contributed by atoms with Crippen LogP contribution in [0.25, 0.3) is 0 Å². The number of nitrogens with one attached hydrogen (secondary N) is 1. The molecular formula is C22H27NO5S. The zero-order chi connectivity index (χ0) is 21.9. The number of ketones is 2. The highest BCUT2D eigenvalue weighted by molar-refractivity contribution is 7.80. The molecule has 7 heteroatoms. The number of ether oxygens (including phenoxy) is 1. The number of hydrogen-bond donors (Lipinski definition) is 2. The standard InChI is InChI=1S/C22H27NO5S/c1-6-15(24)20-16(25)9-14(10-17(20)26)18-11(3)8-12(4)19(13(18)5)21(29)23-22(27)28-7-2/h8,14,24H,6-7,9-10H2,1-5H3,(H,23,27,29). The van der Waals surface area contributed by atoms with Crippen LogP contribution >= 0.6 is 12.2 Å². The third-order valence-corrected chi connectivity index (χ3v) is 5.51. The normalized spacial score (nSPS) is 16.6. The van der Waals surface area contributed by atoms with Crippen molar-refractivity contribution < 1.29 is 24.2 Å². The van der Waals surface area contributed by atoms with Gasteiger partial charge in [-0.1, -0.05) is 25.2 Å². The molecule has 1 aromatic carbocycles. The van der Waals surface area contributed by atoms with Crippen molar-refractivity contribution >= 4 is 34.9 Å². The number of Topliss-reactive ketones (excluding diaryl/α,β-unsaturated/α-hetero) is 2. The molecule has 0 unspecified atom stereocenters. The molecule has 2 rings (SSSR count). The Hall–Kier alpha value is -2.54. The Bertz CT molecular complexity index is 896. The summed E-state index contributed by atoms with van der Waals surface area (Å²) in [6.45, 7) is 9.36. The third-order valence-electron chi connectivity index (χ3n) is 5.20. The molecule has 0 radical (unpaired) electrons. The molecule has 1 amide bonds. The lowest BCUT2D eigenvalue weighted by molar-refractivity contribution is -0.124. The lowest BCUT2D eigenvalue weighted by atomic mass is 9.75. The second kappa shape index (κ2) is 9.31. The maximum absolute atomic E-state index is 12.6. The first-order chi connectivity index (χ1) is 13.6. The van der Waals surface area contributed by atoms with Gasteiger partial charge in [-0.05, 0) is 55.9 Å². The van der Waals surface area contributed by atoms with Crippen LogP contribution in [0.4, 0.5) is 4.79 Å². The first kappa shape index (κ1) is 22.7. The topological polar surface area (TPSA) is 92.7 Å². The summed E-state index contributed by atoms with van der Waals surface area (Å²) in [6, 6.07) is 1.95. The minimum Gasteiger partial charge on any atom is -0.511 e. The molecule has 1 aromatic rings. The molecule has 0 aromatic heterocycles. The van der Waals surface area contributed by atoms with Gasteiger partial charge in [0.2, 0.25) is 0 Å². The van der Waals surface area contributed by atoms with Crippen molar-refractivity contribution in [3.05, 3.63) is 45.2 Å². The minimum atomic E-state index is -0.619. The van der Waals surface area contributed by atoms with E-state index in [1.54, 1.807) is 13.8 Å². The minimum absolute atomic E-state index is 0.0640. The van der Waals surface area contributed by atoms with E-state index in [4.69, 9.17) is 17.0 Å². The number of aliphatic hydroxyl groups excluding tert-OH is 1. The van der Waals surface area contributed by atoms with E-state index in [2.05, 4.69) is 5.32 Å². The van der Waals surface area contributed by atoms with Crippen molar-refractivity contribution in [3.8, 4) is 0 Å². The fourth-order valence-electron chi connectivity index (χ4n) is 4.08. The molecule has 156 valence electrons. The summed E-state index contributed by atoms with van der Waals surface area (Å²) in [7, 11) is 0. The van der Waals surface area contributed by atoms with Crippen molar-refractivity contribution in [1.82, 2.24) is 5.32 Å². The number of benzene rings is 1. The Labute approximate surface area is 176 Å². The predicted octanol–water partition coefficient (Wildman–Crippen LogP) is 4.27. The monoisotopic (exact) mass is 417 g/mol. The molecule has 0 heterocycles. The van der Waals surface area contributed by atoms with Crippen molar-refractivity contribution in [2.45, 2.75) is 59.8 Å². The van der Waals surface area contributed by atoms with Gasteiger partial charge >= 0.3 is 6.09 Å². The number of thiocarbonyl (C=S) groups is 1. The second-order valence-corrected chi connectivity index (χ2v) is 7.63. The van der Waals surface area contributed by atoms with Gasteiger partial charge in [0.15, 0.2) is 11.6 Å². The van der Waals surface area contributed by atoms with Crippen LogP contribution in [0.15, 0.2) is 17.4 Å². The number of amides is 1. The quantitative estimate of drug-likeness (QED) is 0.329. The smallest absolute Gasteiger partial charge is 0.412 e. The number of rotatable bonds is 4. The number of aliphatic hydroxyl groups is 1. The molecule has 6 nitrogen and oxygen atoms in total. The van der Waals surface area contributed by atoms with Crippen molar-refractivity contribution in [2.75, 3.05) is 6.61 Å². The molecule has 1 fully saturated rings. The number of hydrogen-bond acceptors (Lipinski definition) is 6. The molecule has 0 aliphatic heterocycles. The summed E-state index contributed by atoms with van der Waals surface area (Å²) in [5, 5.41) is 12.5. The van der Waals surface area contributed by atoms with E-state index < -0.39 is 6.09 Å². The van der Waals surface area contributed by atoms with Crippen LogP contribution in [0.5, 0.6) is 0 Å². The van der Waals surface area contributed by atoms with E-state index in [0.29, 0.717) is 5.56 Å². The van der Waals surface area contributed by atoms with Gasteiger partial charge in [0.25, 0.3) is 0 Å². The lowest BCUT2D eigenvalue weighted by Gasteiger charge is -2.28. The van der Waals surface area contributed by atoms with E-state index in [1.165, 1.54) is 0 Å². The summed E-state index contributed by atoms with van der Waals surface area (Å²) >= 11 is 5.42. The van der Waals surface area contributed by atoms with Gasteiger partial charge in [0, 0.05) is 24.8 Å². The first-order valence-electron chi connectivity index (χ1n) is 9.69. The zero-order valence-corrected chi connectivity index (χ0v) is 18.3. The van der Waals surface area contributed by atoms with Gasteiger partial charge in [0.1, 0.15) is 10.7 Å². The van der Waals surface area contributed by atoms with E-state index in [0.717, 1.165) is 22.3 Å². The molecular weight excluding hydrogens is 390 g/mol. The molecule has 0 bridgehead atoms. The fourth-order valence-corrected chi connectivity index (χ4v) is 4.48. The Morgan fingerprint density at radius 1 is 1.17 bits per heavy atom. The number of carbonyl (C=O) groups excluding carboxylic acids is 3. The van der Waals surface area contributed by atoms with Crippen molar-refractivity contribution in [2.24, 2.45) is 0 Å². The maximum atomic E-state index is 12.6. The van der Waals surface area contributed by atoms with E-state index in [9.17, 15) is 19.5 Å². The number of aryl methyl sites for hydroxylation is 2. The molecule has 1 aliphatic rings. The molecule has 2 N–H and O–H groups in total. The summed E-state index contributed by atoms with van der Waals surface area (Å²) in [5.74, 6) is -1.11. The first-order valence-corrected chi connectivity index (χ1v) is 10.1. The largest absolute Gasteiger partial charge is 0.511 e. The average Bonchev–Trinajstić information content (AvgIpc) is 2.60. The lowest BCUT2D eigenvalue weighted by Crippen LogP contribution is -2.32. The summed E-state index contributed by atoms with van der Waals surface area (Å²) in [4.78, 5) is 37.2. The van der Waals surface area contributed by atoms with Crippen LogP contribution in [0.2, 0.25) is 0 Å². The van der Waals surface area contributed by atoms with Gasteiger partial charge in [-0.2, -0.15) is 0 Å². The summed E-state index contributed by atoms with van der Waals surface area (Å²) < 4.78 is 4.90. The molecule has 1 aliphatic carbocycles. The average molecular weight is 418 g/mol. The highest BCUT2D eigenvalue weighted by Gasteiger charge is 2.35. The van der Waals surface area contributed by atoms with Gasteiger partial charge in [-0.3, -0.25) is 14.9 Å². The second-order valence-electron chi connectivity index (χ2n) is 7.23. The number of carbonyl (C=O) groups is 3. The molecule has 1 saturated carbocycles. The zero-order valence-electron chi connectivity index (χ0n) is 17.5. The molecule has 0 atom stereocenters. The highest BCUT2D eigenvalue weighted by atomic mass is 32.1. The number of alkyl carbamates (subject to hydrolysis) is 1. The van der Waals surface area contributed by atoms with Gasteiger partial charge in [0.05, 0.1) is 12.2 Å².